The molecule has 5 nitrogen and oxygen atoms in total. The molecule has 1 heterocycles. The van der Waals surface area contributed by atoms with Gasteiger partial charge in [0.25, 0.3) is 0 Å². The fourth-order valence-corrected chi connectivity index (χ4v) is 7.07. The lowest BCUT2D eigenvalue weighted by Crippen LogP contribution is -2.35. The second kappa shape index (κ2) is 14.1. The number of benzene rings is 3. The zero-order valence-corrected chi connectivity index (χ0v) is 26.1. The second-order valence-corrected chi connectivity index (χ2v) is 14.2. The number of hydrogen-bond acceptors (Lipinski definition) is 7. The first-order valence-electron chi connectivity index (χ1n) is 13.8. The van der Waals surface area contributed by atoms with Crippen molar-refractivity contribution in [1.29, 1.82) is 0 Å². The van der Waals surface area contributed by atoms with E-state index in [9.17, 15) is 0 Å². The molecular weight excluding hydrogens is 540 g/mol. The molecule has 0 amide bonds. The molecule has 3 atom stereocenters. The summed E-state index contributed by atoms with van der Waals surface area (Å²) in [6, 6.07) is 26.6. The lowest BCUT2D eigenvalue weighted by molar-refractivity contribution is -0.0646. The van der Waals surface area contributed by atoms with Gasteiger partial charge in [0.2, 0.25) is 0 Å². The van der Waals surface area contributed by atoms with E-state index in [0.29, 0.717) is 13.2 Å². The summed E-state index contributed by atoms with van der Waals surface area (Å²) in [7, 11) is 7.12. The van der Waals surface area contributed by atoms with Crippen molar-refractivity contribution in [2.45, 2.75) is 62.8 Å². The van der Waals surface area contributed by atoms with Gasteiger partial charge in [0.05, 0.1) is 45.7 Å². The molecule has 7 heteroatoms. The molecule has 0 N–H and O–H groups in total. The van der Waals surface area contributed by atoms with E-state index in [1.54, 1.807) is 14.2 Å². The highest BCUT2D eigenvalue weighted by Crippen LogP contribution is 2.42. The zero-order valence-electron chi connectivity index (χ0n) is 24.4. The van der Waals surface area contributed by atoms with E-state index in [-0.39, 0.29) is 23.1 Å². The Labute approximate surface area is 247 Å². The number of ether oxygens (including phenoxy) is 5. The first-order chi connectivity index (χ1) is 19.2. The molecule has 0 aromatic heterocycles. The van der Waals surface area contributed by atoms with Gasteiger partial charge in [0, 0.05) is 16.9 Å². The van der Waals surface area contributed by atoms with Crippen molar-refractivity contribution in [1.82, 2.24) is 0 Å². The van der Waals surface area contributed by atoms with E-state index in [1.165, 1.54) is 0 Å². The van der Waals surface area contributed by atoms with Crippen LogP contribution < -0.4 is 9.47 Å². The van der Waals surface area contributed by atoms with Crippen LogP contribution >= 0.6 is 21.6 Å². The highest BCUT2D eigenvalue weighted by atomic mass is 33.1. The summed E-state index contributed by atoms with van der Waals surface area (Å²) in [5.74, 6) is 2.55. The largest absolute Gasteiger partial charge is 0.497 e. The fraction of sp³-hybridized carbons (Fsp3) is 0.455. The molecule has 4 rings (SSSR count). The molecule has 0 unspecified atom stereocenters. The third kappa shape index (κ3) is 7.77. The first kappa shape index (κ1) is 30.8. The summed E-state index contributed by atoms with van der Waals surface area (Å²) in [5, 5.41) is 0. The van der Waals surface area contributed by atoms with Gasteiger partial charge in [-0.15, -0.1) is 0 Å². The summed E-state index contributed by atoms with van der Waals surface area (Å²) in [6.07, 6.45) is 0.800. The Balaban J connectivity index is 1.56. The molecule has 216 valence electrons. The Kier molecular flexibility index (Phi) is 10.9. The van der Waals surface area contributed by atoms with Crippen molar-refractivity contribution in [3.05, 3.63) is 95.6 Å². The van der Waals surface area contributed by atoms with Crippen molar-refractivity contribution >= 4 is 21.6 Å². The SMILES string of the molecule is COc1ccc(C(OC[C@@H]2C[C@@H](OCCSSC(C)(C)C)[C@H](C)O2)(c2ccccc2)c2ccc(OC)cc2)cc1. The van der Waals surface area contributed by atoms with Gasteiger partial charge < -0.3 is 23.7 Å². The standard InChI is InChI=1S/C33H42O5S2/c1-24-31(36-20-21-39-40-32(2,3)4)22-30(38-24)23-37-33(25-10-8-7-9-11-25,26-12-16-28(34-5)17-13-26)27-14-18-29(35-6)19-15-27/h7-19,24,30-31H,20-23H2,1-6H3/t24-,30-,31+/m0/s1. The number of methoxy groups -OCH3 is 2. The van der Waals surface area contributed by atoms with Crippen molar-refractivity contribution in [2.75, 3.05) is 33.2 Å². The smallest absolute Gasteiger partial charge is 0.143 e. The van der Waals surface area contributed by atoms with Crippen LogP contribution in [0.2, 0.25) is 0 Å². The van der Waals surface area contributed by atoms with E-state index in [1.807, 2.05) is 51.9 Å². The molecule has 3 aromatic carbocycles. The Bertz CT molecular complexity index is 1110. The third-order valence-corrected chi connectivity index (χ3v) is 10.2. The Morgan fingerprint density at radius 1 is 0.800 bits per heavy atom. The molecule has 0 aliphatic carbocycles. The molecular formula is C33H42O5S2. The van der Waals surface area contributed by atoms with Crippen LogP contribution in [0.25, 0.3) is 0 Å². The van der Waals surface area contributed by atoms with E-state index in [2.05, 4.69) is 76.2 Å². The van der Waals surface area contributed by atoms with Gasteiger partial charge in [0.15, 0.2) is 0 Å². The van der Waals surface area contributed by atoms with Crippen molar-refractivity contribution < 1.29 is 23.7 Å². The molecule has 40 heavy (non-hydrogen) atoms. The van der Waals surface area contributed by atoms with Crippen molar-refractivity contribution in [2.24, 2.45) is 0 Å². The van der Waals surface area contributed by atoms with Gasteiger partial charge in [0.1, 0.15) is 17.1 Å². The monoisotopic (exact) mass is 582 g/mol. The Morgan fingerprint density at radius 3 is 1.88 bits per heavy atom. The molecule has 1 aliphatic rings. The second-order valence-electron chi connectivity index (χ2n) is 10.9. The van der Waals surface area contributed by atoms with Gasteiger partial charge in [-0.2, -0.15) is 0 Å². The summed E-state index contributed by atoms with van der Waals surface area (Å²) >= 11 is 0. The summed E-state index contributed by atoms with van der Waals surface area (Å²) in [5.41, 5.74) is 2.21. The van der Waals surface area contributed by atoms with Crippen molar-refractivity contribution in [3.63, 3.8) is 0 Å². The maximum absolute atomic E-state index is 7.03. The van der Waals surface area contributed by atoms with Crippen LogP contribution in [0.5, 0.6) is 11.5 Å². The fourth-order valence-electron chi connectivity index (χ4n) is 4.95. The predicted molar refractivity (Wildman–Crippen MR) is 167 cm³/mol. The molecule has 0 spiro atoms. The third-order valence-electron chi connectivity index (χ3n) is 6.89. The van der Waals surface area contributed by atoms with Crippen LogP contribution in [0.1, 0.15) is 50.8 Å². The molecule has 1 saturated heterocycles. The lowest BCUT2D eigenvalue weighted by Gasteiger charge is -2.37. The predicted octanol–water partition coefficient (Wildman–Crippen LogP) is 7.75. The van der Waals surface area contributed by atoms with Crippen LogP contribution in [0.15, 0.2) is 78.9 Å². The normalized spacial score (nSPS) is 19.5. The van der Waals surface area contributed by atoms with E-state index in [4.69, 9.17) is 23.7 Å². The lowest BCUT2D eigenvalue weighted by atomic mass is 9.80. The van der Waals surface area contributed by atoms with Crippen LogP contribution in [0, 0.1) is 0 Å². The van der Waals surface area contributed by atoms with Gasteiger partial charge in [-0.1, -0.05) is 97.0 Å². The minimum absolute atomic E-state index is 0.0157. The highest BCUT2D eigenvalue weighted by molar-refractivity contribution is 8.77. The number of hydrogen-bond donors (Lipinski definition) is 0. The van der Waals surface area contributed by atoms with Gasteiger partial charge >= 0.3 is 0 Å². The average Bonchev–Trinajstić information content (AvgIpc) is 3.32. The summed E-state index contributed by atoms with van der Waals surface area (Å²) < 4.78 is 30.8. The van der Waals surface area contributed by atoms with E-state index < -0.39 is 5.60 Å². The maximum atomic E-state index is 7.03. The van der Waals surface area contributed by atoms with Crippen molar-refractivity contribution in [3.8, 4) is 11.5 Å². The molecule has 0 radical (unpaired) electrons. The molecule has 0 saturated carbocycles. The Hall–Kier alpha value is -2.16. The average molecular weight is 583 g/mol. The summed E-state index contributed by atoms with van der Waals surface area (Å²) in [6.45, 7) is 9.93. The molecule has 0 bridgehead atoms. The van der Waals surface area contributed by atoms with E-state index in [0.717, 1.165) is 40.4 Å². The van der Waals surface area contributed by atoms with Crippen LogP contribution in [0.3, 0.4) is 0 Å². The molecule has 1 aliphatic heterocycles. The molecule has 3 aromatic rings. The Morgan fingerprint density at radius 2 is 1.35 bits per heavy atom. The van der Waals surface area contributed by atoms with Gasteiger partial charge in [-0.05, 0) is 47.9 Å². The van der Waals surface area contributed by atoms with E-state index >= 15 is 0 Å². The van der Waals surface area contributed by atoms with Crippen LogP contribution in [0.4, 0.5) is 0 Å². The van der Waals surface area contributed by atoms with Gasteiger partial charge in [-0.25, -0.2) is 0 Å². The zero-order chi connectivity index (χ0) is 28.6. The van der Waals surface area contributed by atoms with Crippen LogP contribution in [-0.4, -0.2) is 56.2 Å². The highest BCUT2D eigenvalue weighted by Gasteiger charge is 2.40. The minimum Gasteiger partial charge on any atom is -0.497 e. The maximum Gasteiger partial charge on any atom is 0.143 e. The molecule has 1 fully saturated rings. The van der Waals surface area contributed by atoms with Crippen LogP contribution in [-0.2, 0) is 19.8 Å². The number of rotatable bonds is 13. The minimum atomic E-state index is -0.855. The quantitative estimate of drug-likeness (QED) is 0.116. The first-order valence-corrected chi connectivity index (χ1v) is 16.1. The summed E-state index contributed by atoms with van der Waals surface area (Å²) in [4.78, 5) is 0. The topological polar surface area (TPSA) is 46.2 Å². The van der Waals surface area contributed by atoms with Gasteiger partial charge in [-0.3, -0.25) is 0 Å².